The van der Waals surface area contributed by atoms with E-state index in [1.807, 2.05) is 56.0 Å². The molecule has 0 aliphatic carbocycles. The molecule has 1 aromatic heterocycles. The Morgan fingerprint density at radius 2 is 1.67 bits per heavy atom. The lowest BCUT2D eigenvalue weighted by atomic mass is 9.98. The molecular weight excluding hydrogens is 338 g/mol. The maximum Gasteiger partial charge on any atom is 0.252 e. The Balaban J connectivity index is 1.64. The molecule has 0 radical (unpaired) electrons. The van der Waals surface area contributed by atoms with E-state index in [-0.39, 0.29) is 17.7 Å². The second kappa shape index (κ2) is 8.42. The number of aryl methyl sites for hydroxylation is 1. The summed E-state index contributed by atoms with van der Waals surface area (Å²) >= 11 is 0. The van der Waals surface area contributed by atoms with Crippen LogP contribution in [0.3, 0.4) is 0 Å². The molecule has 1 aliphatic heterocycles. The van der Waals surface area contributed by atoms with Crippen molar-refractivity contribution in [2.24, 2.45) is 5.92 Å². The second-order valence-corrected chi connectivity index (χ2v) is 7.70. The van der Waals surface area contributed by atoms with Crippen LogP contribution in [0.4, 0.5) is 0 Å². The predicted octanol–water partition coefficient (Wildman–Crippen LogP) is 3.41. The van der Waals surface area contributed by atoms with Gasteiger partial charge in [0.15, 0.2) is 0 Å². The smallest absolute Gasteiger partial charge is 0.252 e. The van der Waals surface area contributed by atoms with Gasteiger partial charge in [-0.05, 0) is 49.4 Å². The van der Waals surface area contributed by atoms with Crippen molar-refractivity contribution >= 4 is 11.8 Å². The number of carbonyl (C=O) groups is 2. The molecule has 144 valence electrons. The zero-order valence-corrected chi connectivity index (χ0v) is 16.4. The minimum Gasteiger partial charge on any atom is -0.351 e. The third-order valence-corrected chi connectivity index (χ3v) is 5.43. The Kier molecular flexibility index (Phi) is 5.99. The van der Waals surface area contributed by atoms with E-state index in [0.29, 0.717) is 11.6 Å². The number of likely N-dealkylation sites (tertiary alicyclic amines) is 1. The van der Waals surface area contributed by atoms with Gasteiger partial charge in [0, 0.05) is 37.1 Å². The average molecular weight is 367 g/mol. The Hall–Kier alpha value is -2.56. The number of amides is 2. The zero-order valence-electron chi connectivity index (χ0n) is 16.4. The molecule has 2 heterocycles. The first-order valence-corrected chi connectivity index (χ1v) is 9.75. The first-order valence-electron chi connectivity index (χ1n) is 9.75. The summed E-state index contributed by atoms with van der Waals surface area (Å²) < 4.78 is 2.22. The SMILES string of the molecule is Cc1ccccc1C(=O)NC(C(=O)N1CCC(n2cccc2)CC1)C(C)C. The van der Waals surface area contributed by atoms with Crippen LogP contribution in [0.5, 0.6) is 0 Å². The molecule has 1 aliphatic rings. The van der Waals surface area contributed by atoms with Crippen LogP contribution < -0.4 is 5.32 Å². The Bertz CT molecular complexity index is 775. The van der Waals surface area contributed by atoms with Gasteiger partial charge >= 0.3 is 0 Å². The quantitative estimate of drug-likeness (QED) is 0.880. The highest BCUT2D eigenvalue weighted by molar-refractivity contribution is 5.98. The lowest BCUT2D eigenvalue weighted by Crippen LogP contribution is -2.53. The van der Waals surface area contributed by atoms with E-state index in [0.717, 1.165) is 31.5 Å². The van der Waals surface area contributed by atoms with Crippen molar-refractivity contribution < 1.29 is 9.59 Å². The zero-order chi connectivity index (χ0) is 19.4. The van der Waals surface area contributed by atoms with Crippen LogP contribution in [0.15, 0.2) is 48.8 Å². The Morgan fingerprint density at radius 3 is 2.26 bits per heavy atom. The van der Waals surface area contributed by atoms with Crippen LogP contribution in [-0.2, 0) is 4.79 Å². The third-order valence-electron chi connectivity index (χ3n) is 5.43. The van der Waals surface area contributed by atoms with Crippen molar-refractivity contribution in [2.45, 2.75) is 45.7 Å². The Labute approximate surface area is 161 Å². The topological polar surface area (TPSA) is 54.3 Å². The molecule has 5 heteroatoms. The fraction of sp³-hybridized carbons (Fsp3) is 0.455. The first-order chi connectivity index (χ1) is 13.0. The minimum atomic E-state index is -0.500. The lowest BCUT2D eigenvalue weighted by molar-refractivity contribution is -0.135. The summed E-state index contributed by atoms with van der Waals surface area (Å²) in [6, 6.07) is 11.5. The van der Waals surface area contributed by atoms with E-state index in [1.54, 1.807) is 6.07 Å². The number of hydrogen-bond acceptors (Lipinski definition) is 2. The molecule has 1 N–H and O–H groups in total. The predicted molar refractivity (Wildman–Crippen MR) is 107 cm³/mol. The van der Waals surface area contributed by atoms with Crippen molar-refractivity contribution in [3.8, 4) is 0 Å². The molecule has 1 aromatic carbocycles. The highest BCUT2D eigenvalue weighted by Gasteiger charge is 2.31. The summed E-state index contributed by atoms with van der Waals surface area (Å²) in [6.07, 6.45) is 6.05. The van der Waals surface area contributed by atoms with Crippen LogP contribution in [0.25, 0.3) is 0 Å². The van der Waals surface area contributed by atoms with Crippen molar-refractivity contribution in [1.29, 1.82) is 0 Å². The summed E-state index contributed by atoms with van der Waals surface area (Å²) in [7, 11) is 0. The molecule has 2 amide bonds. The largest absolute Gasteiger partial charge is 0.351 e. The first kappa shape index (κ1) is 19.2. The van der Waals surface area contributed by atoms with Crippen molar-refractivity contribution in [1.82, 2.24) is 14.8 Å². The summed E-state index contributed by atoms with van der Waals surface area (Å²) in [6.45, 7) is 7.32. The number of piperidine rings is 1. The van der Waals surface area contributed by atoms with E-state index in [9.17, 15) is 9.59 Å². The summed E-state index contributed by atoms with van der Waals surface area (Å²) in [4.78, 5) is 27.7. The molecule has 3 rings (SSSR count). The van der Waals surface area contributed by atoms with Crippen LogP contribution in [0.1, 0.15) is 48.7 Å². The van der Waals surface area contributed by atoms with Gasteiger partial charge < -0.3 is 14.8 Å². The third kappa shape index (κ3) is 4.41. The van der Waals surface area contributed by atoms with Gasteiger partial charge in [0.2, 0.25) is 5.91 Å². The molecule has 5 nitrogen and oxygen atoms in total. The molecule has 1 saturated heterocycles. The molecule has 1 atom stereocenters. The van der Waals surface area contributed by atoms with E-state index in [1.165, 1.54) is 0 Å². The average Bonchev–Trinajstić information content (AvgIpc) is 3.20. The van der Waals surface area contributed by atoms with Crippen LogP contribution in [-0.4, -0.2) is 40.4 Å². The van der Waals surface area contributed by atoms with Crippen LogP contribution >= 0.6 is 0 Å². The number of hydrogen-bond donors (Lipinski definition) is 1. The number of rotatable bonds is 5. The van der Waals surface area contributed by atoms with E-state index in [2.05, 4.69) is 22.3 Å². The van der Waals surface area contributed by atoms with Gasteiger partial charge in [-0.1, -0.05) is 32.0 Å². The van der Waals surface area contributed by atoms with E-state index < -0.39 is 6.04 Å². The van der Waals surface area contributed by atoms with Crippen molar-refractivity contribution in [3.63, 3.8) is 0 Å². The number of carbonyl (C=O) groups excluding carboxylic acids is 2. The monoisotopic (exact) mass is 367 g/mol. The molecule has 2 aromatic rings. The summed E-state index contributed by atoms with van der Waals surface area (Å²) in [5.74, 6) is -0.118. The van der Waals surface area contributed by atoms with Crippen molar-refractivity contribution in [3.05, 3.63) is 59.9 Å². The molecule has 1 fully saturated rings. The second-order valence-electron chi connectivity index (χ2n) is 7.70. The summed E-state index contributed by atoms with van der Waals surface area (Å²) in [5, 5.41) is 2.97. The number of nitrogens with one attached hydrogen (secondary N) is 1. The number of benzene rings is 1. The fourth-order valence-electron chi connectivity index (χ4n) is 3.73. The van der Waals surface area contributed by atoms with E-state index in [4.69, 9.17) is 0 Å². The molecule has 0 spiro atoms. The van der Waals surface area contributed by atoms with Gasteiger partial charge in [-0.3, -0.25) is 9.59 Å². The molecular formula is C22H29N3O2. The number of aromatic nitrogens is 1. The lowest BCUT2D eigenvalue weighted by Gasteiger charge is -2.36. The van der Waals surface area contributed by atoms with Gasteiger partial charge in [0.25, 0.3) is 5.91 Å². The summed E-state index contributed by atoms with van der Waals surface area (Å²) in [5.41, 5.74) is 1.54. The van der Waals surface area contributed by atoms with E-state index >= 15 is 0 Å². The standard InChI is InChI=1S/C22H29N3O2/c1-16(2)20(23-21(26)19-9-5-4-8-17(19)3)22(27)25-14-10-18(11-15-25)24-12-6-7-13-24/h4-9,12-13,16,18,20H,10-11,14-15H2,1-3H3,(H,23,26). The van der Waals surface area contributed by atoms with Gasteiger partial charge in [0.05, 0.1) is 0 Å². The maximum absolute atomic E-state index is 13.1. The Morgan fingerprint density at radius 1 is 1.04 bits per heavy atom. The van der Waals surface area contributed by atoms with Gasteiger partial charge in [-0.15, -0.1) is 0 Å². The molecule has 27 heavy (non-hydrogen) atoms. The normalized spacial score (nSPS) is 16.4. The maximum atomic E-state index is 13.1. The van der Waals surface area contributed by atoms with Gasteiger partial charge in [0.1, 0.15) is 6.04 Å². The van der Waals surface area contributed by atoms with Gasteiger partial charge in [-0.2, -0.15) is 0 Å². The molecule has 1 unspecified atom stereocenters. The highest BCUT2D eigenvalue weighted by atomic mass is 16.2. The van der Waals surface area contributed by atoms with Crippen LogP contribution in [0, 0.1) is 12.8 Å². The minimum absolute atomic E-state index is 0.0258. The molecule has 0 bridgehead atoms. The van der Waals surface area contributed by atoms with Crippen LogP contribution in [0.2, 0.25) is 0 Å². The van der Waals surface area contributed by atoms with Gasteiger partial charge in [-0.25, -0.2) is 0 Å². The fourth-order valence-corrected chi connectivity index (χ4v) is 3.73. The number of nitrogens with zero attached hydrogens (tertiary/aromatic N) is 2. The van der Waals surface area contributed by atoms with Crippen molar-refractivity contribution in [2.75, 3.05) is 13.1 Å². The molecule has 0 saturated carbocycles. The highest BCUT2D eigenvalue weighted by Crippen LogP contribution is 2.23.